The Bertz CT molecular complexity index is 2910. The maximum Gasteiger partial charge on any atom is 0.472 e. The van der Waals surface area contributed by atoms with Gasteiger partial charge in [-0.2, -0.15) is 9.97 Å². The van der Waals surface area contributed by atoms with Gasteiger partial charge in [0.1, 0.15) is 48.3 Å². The molecule has 3 saturated heterocycles. The molecule has 0 amide bonds. The summed E-state index contributed by atoms with van der Waals surface area (Å²) >= 11 is 0. The van der Waals surface area contributed by atoms with E-state index in [1.807, 2.05) is 0 Å². The van der Waals surface area contributed by atoms with E-state index in [0.29, 0.717) is 0 Å². The number of aliphatic hydroxyl groups is 2. The number of ketones is 2. The van der Waals surface area contributed by atoms with Gasteiger partial charge in [0.05, 0.1) is 13.2 Å². The van der Waals surface area contributed by atoms with E-state index in [2.05, 4.69) is 29.9 Å². The van der Waals surface area contributed by atoms with Crippen LogP contribution in [0.4, 0.5) is 11.9 Å². The maximum atomic E-state index is 13.7. The molecule has 9 rings (SSSR count). The van der Waals surface area contributed by atoms with Crippen LogP contribution >= 0.6 is 15.6 Å². The van der Waals surface area contributed by atoms with Crippen molar-refractivity contribution in [3.63, 3.8) is 0 Å². The highest BCUT2D eigenvalue weighted by atomic mass is 31.2. The van der Waals surface area contributed by atoms with Crippen LogP contribution in [0, 0.1) is 0 Å². The van der Waals surface area contributed by atoms with Crippen molar-refractivity contribution in [2.24, 2.45) is 0 Å². The lowest BCUT2D eigenvalue weighted by molar-refractivity contribution is -0.0660. The fourth-order valence-electron chi connectivity index (χ4n) is 7.74. The Morgan fingerprint density at radius 2 is 1.08 bits per heavy atom. The minimum absolute atomic E-state index is 0.0834. The Balaban J connectivity index is 1.07. The first kappa shape index (κ1) is 43.4. The lowest BCUT2D eigenvalue weighted by Crippen LogP contribution is -2.39. The molecule has 7 heterocycles. The van der Waals surface area contributed by atoms with Gasteiger partial charge in [-0.05, 0) is 26.0 Å². The number of rotatable bonds is 6. The van der Waals surface area contributed by atoms with Crippen LogP contribution in [0.2, 0.25) is 0 Å². The second-order valence-corrected chi connectivity index (χ2v) is 17.7. The van der Waals surface area contributed by atoms with Crippen molar-refractivity contribution < 1.29 is 66.3 Å². The molecule has 64 heavy (non-hydrogen) atoms. The quantitative estimate of drug-likeness (QED) is 0.0841. The molecule has 0 spiro atoms. The SMILES string of the molecule is CC(=O)c1cccc(-c2nc3c(=O)[nH]c(N)nc3n2[C@@H]2O[C@@H]3COP(=O)(O)O[C@H]4[C@@H](O)[C@H](n5c(-c6cccc(C(C)=O)c6)nc6c(=O)[nH]c(N)nc65)O[C@@H]4COP(=O)(O)O[C@H]3[C@H]2O)c1. The van der Waals surface area contributed by atoms with E-state index < -0.39 is 89.1 Å². The van der Waals surface area contributed by atoms with Gasteiger partial charge >= 0.3 is 15.6 Å². The van der Waals surface area contributed by atoms with Crippen LogP contribution in [0.15, 0.2) is 58.1 Å². The zero-order valence-electron chi connectivity index (χ0n) is 33.1. The molecule has 0 bridgehead atoms. The second kappa shape index (κ2) is 16.0. The van der Waals surface area contributed by atoms with Crippen molar-refractivity contribution in [3.05, 3.63) is 80.4 Å². The summed E-state index contributed by atoms with van der Waals surface area (Å²) < 4.78 is 63.5. The Labute approximate surface area is 356 Å². The number of carbonyl (C=O) groups is 2. The first-order valence-corrected chi connectivity index (χ1v) is 22.0. The molecule has 26 nitrogen and oxygen atoms in total. The number of nitrogens with one attached hydrogen (secondary N) is 2. The molecular formula is C36H36N10O16P2. The highest BCUT2D eigenvalue weighted by Crippen LogP contribution is 2.54. The molecule has 0 saturated carbocycles. The third kappa shape index (κ3) is 7.78. The number of nitrogens with zero attached hydrogens (tertiary/aromatic N) is 6. The number of Topliss-reactive ketones (excluding diaryl/α,β-unsaturated/α-hetero) is 2. The zero-order valence-corrected chi connectivity index (χ0v) is 34.9. The van der Waals surface area contributed by atoms with Gasteiger partial charge in [0.2, 0.25) is 11.9 Å². The number of hydrogen-bond donors (Lipinski definition) is 8. The predicted molar refractivity (Wildman–Crippen MR) is 217 cm³/mol. The number of phosphoric ester groups is 2. The Kier molecular flexibility index (Phi) is 10.8. The predicted octanol–water partition coefficient (Wildman–Crippen LogP) is 0.691. The van der Waals surface area contributed by atoms with Gasteiger partial charge in [-0.3, -0.25) is 56.4 Å². The van der Waals surface area contributed by atoms with Crippen LogP contribution in [-0.2, 0) is 36.7 Å². The second-order valence-electron chi connectivity index (χ2n) is 14.9. The van der Waals surface area contributed by atoms with Gasteiger partial charge in [-0.1, -0.05) is 36.4 Å². The number of ether oxygens (including phenoxy) is 2. The molecule has 28 heteroatoms. The molecule has 10 atom stereocenters. The monoisotopic (exact) mass is 926 g/mol. The number of imidazole rings is 2. The summed E-state index contributed by atoms with van der Waals surface area (Å²) in [5, 5.41) is 23.7. The van der Waals surface area contributed by atoms with Crippen LogP contribution in [0.5, 0.6) is 0 Å². The number of aliphatic hydroxyl groups excluding tert-OH is 2. The number of nitrogens with two attached hydrogens (primary N) is 2. The number of anilines is 2. The molecule has 4 aromatic heterocycles. The molecule has 2 aromatic carbocycles. The van der Waals surface area contributed by atoms with Gasteiger partial charge in [0.15, 0.2) is 46.4 Å². The van der Waals surface area contributed by atoms with E-state index in [1.54, 1.807) is 0 Å². The topological polar surface area (TPSA) is 384 Å². The minimum Gasteiger partial charge on any atom is -0.386 e. The van der Waals surface area contributed by atoms with Gasteiger partial charge in [0, 0.05) is 22.3 Å². The van der Waals surface area contributed by atoms with Crippen molar-refractivity contribution >= 4 is 61.4 Å². The minimum atomic E-state index is -5.33. The van der Waals surface area contributed by atoms with Gasteiger partial charge < -0.3 is 40.9 Å². The van der Waals surface area contributed by atoms with Crippen molar-refractivity contribution in [3.8, 4) is 22.8 Å². The average molecular weight is 927 g/mol. The molecule has 0 aliphatic carbocycles. The van der Waals surface area contributed by atoms with Crippen molar-refractivity contribution in [1.82, 2.24) is 39.0 Å². The summed E-state index contributed by atoms with van der Waals surface area (Å²) in [6.45, 7) is 0.673. The molecule has 336 valence electrons. The van der Waals surface area contributed by atoms with Crippen LogP contribution in [0.1, 0.15) is 47.0 Å². The maximum absolute atomic E-state index is 13.7. The standard InChI is InChI=1S/C36H36N10O16P2/c1-13(47)15-5-3-7-17(9-15)27-39-21-29(41-35(37)43-31(21)51)45(27)33-23(49)25-19(59-33)11-57-64(55,56)62-26-20(12-58-63(53,54)61-25)60-34(24(26)50)46-28(18-8-4-6-16(10-18)14(2)48)40-22-30(46)42-36(38)44-32(22)52/h3-10,19-20,23-26,33-34,49-50H,11-12H2,1-2H3,(H,53,54)(H,55,56)(H3,37,41,43,51)(H3,38,42,44,52)/t19-,20-,23-,24-,25-,26-,33-,34-/m1/s1. The molecule has 3 aliphatic heterocycles. The first-order valence-electron chi connectivity index (χ1n) is 19.1. The van der Waals surface area contributed by atoms with Crippen molar-refractivity contribution in [2.45, 2.75) is 62.9 Å². The van der Waals surface area contributed by atoms with E-state index in [0.717, 1.165) is 9.13 Å². The third-order valence-electron chi connectivity index (χ3n) is 10.6. The molecule has 0 radical (unpaired) electrons. The number of benzene rings is 2. The lowest BCUT2D eigenvalue weighted by atomic mass is 10.1. The third-order valence-corrected chi connectivity index (χ3v) is 12.6. The number of hydrogen-bond acceptors (Lipinski definition) is 20. The Morgan fingerprint density at radius 1 is 0.688 bits per heavy atom. The average Bonchev–Trinajstić information content (AvgIpc) is 3.97. The molecular weight excluding hydrogens is 890 g/mol. The number of carbonyl (C=O) groups excluding carboxylic acids is 2. The van der Waals surface area contributed by atoms with Crippen LogP contribution in [0.25, 0.3) is 45.1 Å². The highest BCUT2D eigenvalue weighted by molar-refractivity contribution is 7.47. The van der Waals surface area contributed by atoms with Crippen molar-refractivity contribution in [2.75, 3.05) is 24.7 Å². The fourth-order valence-corrected chi connectivity index (χ4v) is 9.67. The van der Waals surface area contributed by atoms with E-state index in [9.17, 15) is 48.3 Å². The van der Waals surface area contributed by atoms with Gasteiger partial charge in [-0.25, -0.2) is 19.1 Å². The number of aromatic nitrogens is 8. The summed E-state index contributed by atoms with van der Waals surface area (Å²) in [7, 11) is -10.7. The zero-order chi connectivity index (χ0) is 45.6. The molecule has 10 N–H and O–H groups in total. The number of fused-ring (bicyclic) bond motifs is 4. The smallest absolute Gasteiger partial charge is 0.386 e. The Morgan fingerprint density at radius 3 is 1.45 bits per heavy atom. The van der Waals surface area contributed by atoms with Crippen LogP contribution in [-0.4, -0.2) is 120 Å². The Hall–Kier alpha value is -5.86. The van der Waals surface area contributed by atoms with E-state index in [4.69, 9.17) is 39.0 Å². The highest BCUT2D eigenvalue weighted by Gasteiger charge is 2.54. The first-order chi connectivity index (χ1) is 30.3. The van der Waals surface area contributed by atoms with Crippen molar-refractivity contribution in [1.29, 1.82) is 0 Å². The number of aromatic amines is 2. The van der Waals surface area contributed by atoms with Crippen LogP contribution < -0.4 is 22.6 Å². The van der Waals surface area contributed by atoms with Crippen LogP contribution in [0.3, 0.4) is 0 Å². The van der Waals surface area contributed by atoms with E-state index in [-0.39, 0.29) is 79.7 Å². The molecule has 2 unspecified atom stereocenters. The molecule has 3 fully saturated rings. The summed E-state index contributed by atoms with van der Waals surface area (Å²) in [5.41, 5.74) is 10.1. The van der Waals surface area contributed by atoms with Gasteiger partial charge in [-0.15, -0.1) is 0 Å². The van der Waals surface area contributed by atoms with E-state index in [1.165, 1.54) is 62.4 Å². The summed E-state index contributed by atoms with van der Waals surface area (Å²) in [6, 6.07) is 12.1. The largest absolute Gasteiger partial charge is 0.472 e. The molecule has 6 aromatic rings. The molecule has 3 aliphatic rings. The summed E-state index contributed by atoms with van der Waals surface area (Å²) in [4.78, 5) is 94.6. The fraction of sp³-hybridized carbons (Fsp3) is 0.333. The normalized spacial score (nSPS) is 29.8. The number of phosphoric acid groups is 2. The summed E-state index contributed by atoms with van der Waals surface area (Å²) in [5.74, 6) is -1.52. The number of H-pyrrole nitrogens is 2. The number of nitrogen functional groups attached to an aromatic ring is 2. The van der Waals surface area contributed by atoms with Gasteiger partial charge in [0.25, 0.3) is 11.1 Å². The lowest BCUT2D eigenvalue weighted by Gasteiger charge is -2.27. The summed E-state index contributed by atoms with van der Waals surface area (Å²) in [6.07, 6.45) is -14.5. The van der Waals surface area contributed by atoms with E-state index >= 15 is 0 Å².